The van der Waals surface area contributed by atoms with Crippen molar-refractivity contribution in [3.8, 4) is 0 Å². The van der Waals surface area contributed by atoms with Gasteiger partial charge in [-0.1, -0.05) is 36.4 Å². The van der Waals surface area contributed by atoms with Gasteiger partial charge in [-0.25, -0.2) is 4.68 Å². The maximum atomic E-state index is 12.4. The van der Waals surface area contributed by atoms with E-state index in [4.69, 9.17) is 0 Å². The number of quaternary nitrogens is 1. The van der Waals surface area contributed by atoms with Crippen molar-refractivity contribution >= 4 is 12.0 Å². The number of carbonyl (C=O) groups excluding carboxylic acids is 1. The molecule has 7 heteroatoms. The highest BCUT2D eigenvalue weighted by atomic mass is 16.2. The molecule has 1 aromatic heterocycles. The maximum absolute atomic E-state index is 12.4. The summed E-state index contributed by atoms with van der Waals surface area (Å²) >= 11 is 0. The molecule has 0 spiro atoms. The monoisotopic (exact) mass is 355 g/mol. The summed E-state index contributed by atoms with van der Waals surface area (Å²) in [5.74, 6) is -0.146. The van der Waals surface area contributed by atoms with Crippen LogP contribution < -0.4 is 16.0 Å². The third kappa shape index (κ3) is 4.80. The molecule has 0 atom stereocenters. The number of rotatable bonds is 5. The number of carbonyl (C=O) groups is 1. The molecule has 2 aromatic rings. The Labute approximate surface area is 151 Å². The quantitative estimate of drug-likeness (QED) is 0.720. The Hall–Kier alpha value is -2.93. The van der Waals surface area contributed by atoms with Gasteiger partial charge in [-0.05, 0) is 11.6 Å². The number of nitrogens with one attached hydrogen (secondary N) is 2. The normalized spacial score (nSPS) is 15.5. The lowest BCUT2D eigenvalue weighted by Crippen LogP contribution is -3.14. The van der Waals surface area contributed by atoms with Crippen molar-refractivity contribution in [2.75, 3.05) is 32.7 Å². The molecule has 0 unspecified atom stereocenters. The summed E-state index contributed by atoms with van der Waals surface area (Å²) in [7, 11) is 0. The number of aromatic amines is 1. The molecular weight excluding hydrogens is 332 g/mol. The number of H-pyrrole nitrogens is 1. The third-order valence-corrected chi connectivity index (χ3v) is 4.52. The molecule has 2 N–H and O–H groups in total. The molecule has 0 bridgehead atoms. The summed E-state index contributed by atoms with van der Waals surface area (Å²) in [6.07, 6.45) is 4.28. The minimum atomic E-state index is -0.392. The van der Waals surface area contributed by atoms with Gasteiger partial charge in [-0.3, -0.25) is 19.5 Å². The molecule has 26 heavy (non-hydrogen) atoms. The molecule has 1 fully saturated rings. The molecular formula is C19H23N4O3+. The Balaban J connectivity index is 1.48. The summed E-state index contributed by atoms with van der Waals surface area (Å²) in [5, 5.41) is 2.38. The lowest BCUT2D eigenvalue weighted by molar-refractivity contribution is -0.898. The SMILES string of the molecule is O=C(Cn1[nH]c(=O)ccc1=O)N1CC[NH+](C/C=C/c2ccccc2)CC1. The first-order valence-electron chi connectivity index (χ1n) is 8.75. The first kappa shape index (κ1) is 17.9. The zero-order valence-corrected chi connectivity index (χ0v) is 14.6. The Bertz CT molecular complexity index is 877. The van der Waals surface area contributed by atoms with Crippen LogP contribution in [0.3, 0.4) is 0 Å². The number of amides is 1. The van der Waals surface area contributed by atoms with E-state index in [0.29, 0.717) is 13.1 Å². The van der Waals surface area contributed by atoms with Crippen molar-refractivity contribution in [2.24, 2.45) is 0 Å². The summed E-state index contributed by atoms with van der Waals surface area (Å²) < 4.78 is 1.06. The van der Waals surface area contributed by atoms with Gasteiger partial charge >= 0.3 is 0 Å². The predicted molar refractivity (Wildman–Crippen MR) is 98.9 cm³/mol. The van der Waals surface area contributed by atoms with E-state index in [-0.39, 0.29) is 18.0 Å². The molecule has 0 radical (unpaired) electrons. The summed E-state index contributed by atoms with van der Waals surface area (Å²) in [6, 6.07) is 12.5. The minimum Gasteiger partial charge on any atom is -0.330 e. The standard InChI is InChI=1S/C19H22N4O3/c24-17-8-9-18(25)23(20-17)15-19(26)22-13-11-21(12-14-22)10-4-7-16-5-2-1-3-6-16/h1-9H,10-15H2,(H,20,24)/p+1/b7-4+. The van der Waals surface area contributed by atoms with E-state index in [2.05, 4.69) is 29.4 Å². The van der Waals surface area contributed by atoms with Crippen molar-refractivity contribution in [3.63, 3.8) is 0 Å². The number of benzene rings is 1. The van der Waals surface area contributed by atoms with E-state index in [1.807, 2.05) is 18.2 Å². The Morgan fingerprint density at radius 1 is 1.08 bits per heavy atom. The second kappa shape index (κ2) is 8.44. The molecule has 1 amide bonds. The van der Waals surface area contributed by atoms with E-state index >= 15 is 0 Å². The second-order valence-corrected chi connectivity index (χ2v) is 6.38. The van der Waals surface area contributed by atoms with E-state index in [1.54, 1.807) is 4.90 Å². The fourth-order valence-electron chi connectivity index (χ4n) is 3.02. The molecule has 1 aliphatic rings. The van der Waals surface area contributed by atoms with Gasteiger partial charge in [0.05, 0.1) is 32.7 Å². The van der Waals surface area contributed by atoms with Crippen LogP contribution in [-0.2, 0) is 11.3 Å². The van der Waals surface area contributed by atoms with Crippen LogP contribution in [0.5, 0.6) is 0 Å². The van der Waals surface area contributed by atoms with Crippen LogP contribution in [0.15, 0.2) is 58.1 Å². The number of nitrogens with zero attached hydrogens (tertiary/aromatic N) is 2. The van der Waals surface area contributed by atoms with Crippen molar-refractivity contribution in [2.45, 2.75) is 6.54 Å². The number of piperazine rings is 1. The van der Waals surface area contributed by atoms with Gasteiger partial charge in [0.2, 0.25) is 5.91 Å². The Morgan fingerprint density at radius 3 is 2.54 bits per heavy atom. The average Bonchev–Trinajstić information content (AvgIpc) is 2.66. The van der Waals surface area contributed by atoms with Crippen LogP contribution in [0.1, 0.15) is 5.56 Å². The van der Waals surface area contributed by atoms with E-state index < -0.39 is 5.56 Å². The van der Waals surface area contributed by atoms with Crippen LogP contribution in [0.25, 0.3) is 6.08 Å². The number of hydrogen-bond donors (Lipinski definition) is 2. The minimum absolute atomic E-state index is 0.127. The number of hydrogen-bond acceptors (Lipinski definition) is 3. The average molecular weight is 355 g/mol. The molecule has 7 nitrogen and oxygen atoms in total. The highest BCUT2D eigenvalue weighted by Gasteiger charge is 2.23. The van der Waals surface area contributed by atoms with Gasteiger partial charge in [0, 0.05) is 12.1 Å². The van der Waals surface area contributed by atoms with Crippen molar-refractivity contribution in [1.29, 1.82) is 0 Å². The first-order chi connectivity index (χ1) is 12.6. The van der Waals surface area contributed by atoms with E-state index in [0.717, 1.165) is 30.4 Å². The molecule has 2 heterocycles. The Kier molecular flexibility index (Phi) is 5.80. The van der Waals surface area contributed by atoms with Gasteiger partial charge in [0.1, 0.15) is 6.54 Å². The van der Waals surface area contributed by atoms with Crippen LogP contribution in [0.2, 0.25) is 0 Å². The Morgan fingerprint density at radius 2 is 1.81 bits per heavy atom. The fourth-order valence-corrected chi connectivity index (χ4v) is 3.02. The maximum Gasteiger partial charge on any atom is 0.265 e. The van der Waals surface area contributed by atoms with Gasteiger partial charge in [-0.15, -0.1) is 0 Å². The van der Waals surface area contributed by atoms with Crippen molar-refractivity contribution in [1.82, 2.24) is 14.7 Å². The first-order valence-corrected chi connectivity index (χ1v) is 8.75. The van der Waals surface area contributed by atoms with Crippen LogP contribution in [0, 0.1) is 0 Å². The zero-order valence-electron chi connectivity index (χ0n) is 14.6. The smallest absolute Gasteiger partial charge is 0.265 e. The van der Waals surface area contributed by atoms with Crippen LogP contribution in [-0.4, -0.2) is 53.3 Å². The molecule has 0 saturated carbocycles. The largest absolute Gasteiger partial charge is 0.330 e. The number of aromatic nitrogens is 2. The fraction of sp³-hybridized carbons (Fsp3) is 0.316. The second-order valence-electron chi connectivity index (χ2n) is 6.38. The molecule has 1 aromatic carbocycles. The highest BCUT2D eigenvalue weighted by molar-refractivity contribution is 5.75. The summed E-state index contributed by atoms with van der Waals surface area (Å²) in [5.41, 5.74) is 0.410. The predicted octanol–water partition coefficient (Wildman–Crippen LogP) is -1.02. The molecule has 1 saturated heterocycles. The lowest BCUT2D eigenvalue weighted by atomic mass is 10.2. The molecule has 0 aliphatic carbocycles. The van der Waals surface area contributed by atoms with Gasteiger partial charge in [-0.2, -0.15) is 0 Å². The molecule has 136 valence electrons. The van der Waals surface area contributed by atoms with Crippen molar-refractivity contribution < 1.29 is 9.69 Å². The van der Waals surface area contributed by atoms with Gasteiger partial charge in [0.25, 0.3) is 11.1 Å². The van der Waals surface area contributed by atoms with Crippen LogP contribution >= 0.6 is 0 Å². The third-order valence-electron chi connectivity index (χ3n) is 4.52. The topological polar surface area (TPSA) is 79.6 Å². The summed E-state index contributed by atoms with van der Waals surface area (Å²) in [4.78, 5) is 38.5. The summed E-state index contributed by atoms with van der Waals surface area (Å²) in [6.45, 7) is 3.83. The van der Waals surface area contributed by atoms with Crippen molar-refractivity contribution in [3.05, 3.63) is 74.8 Å². The van der Waals surface area contributed by atoms with E-state index in [1.165, 1.54) is 16.5 Å². The zero-order chi connectivity index (χ0) is 18.4. The van der Waals surface area contributed by atoms with E-state index in [9.17, 15) is 14.4 Å². The van der Waals surface area contributed by atoms with Gasteiger partial charge < -0.3 is 9.80 Å². The van der Waals surface area contributed by atoms with Crippen LogP contribution in [0.4, 0.5) is 0 Å². The molecule has 1 aliphatic heterocycles. The highest BCUT2D eigenvalue weighted by Crippen LogP contribution is 2.00. The molecule has 3 rings (SSSR count). The lowest BCUT2D eigenvalue weighted by Gasteiger charge is -2.31. The van der Waals surface area contributed by atoms with Gasteiger partial charge in [0.15, 0.2) is 0 Å².